The summed E-state index contributed by atoms with van der Waals surface area (Å²) in [5.41, 5.74) is 2.81. The maximum absolute atomic E-state index is 12.6. The van der Waals surface area contributed by atoms with Crippen LogP contribution in [0.5, 0.6) is 0 Å². The summed E-state index contributed by atoms with van der Waals surface area (Å²) in [6.45, 7) is 8.15. The average molecular weight is 307 g/mol. The predicted octanol–water partition coefficient (Wildman–Crippen LogP) is 2.10. The largest absolute Gasteiger partial charge is 0.598 e. The molecule has 1 spiro atoms. The Morgan fingerprint density at radius 2 is 2.10 bits per heavy atom. The van der Waals surface area contributed by atoms with Crippen LogP contribution in [-0.4, -0.2) is 27.4 Å². The number of rotatable bonds is 2. The van der Waals surface area contributed by atoms with E-state index >= 15 is 0 Å². The van der Waals surface area contributed by atoms with Gasteiger partial charge >= 0.3 is 0 Å². The van der Waals surface area contributed by atoms with Crippen molar-refractivity contribution in [3.8, 4) is 0 Å². The molecule has 1 aliphatic heterocycles. The molecule has 1 unspecified atom stereocenters. The van der Waals surface area contributed by atoms with Crippen molar-refractivity contribution in [1.29, 1.82) is 0 Å². The second-order valence-corrected chi connectivity index (χ2v) is 9.29. The quantitative estimate of drug-likeness (QED) is 0.822. The van der Waals surface area contributed by atoms with Gasteiger partial charge in [-0.25, -0.2) is 0 Å². The third-order valence-corrected chi connectivity index (χ3v) is 6.35. The van der Waals surface area contributed by atoms with Crippen LogP contribution in [-0.2, 0) is 17.8 Å². The summed E-state index contributed by atoms with van der Waals surface area (Å²) < 4.78 is 15.8. The third-order valence-electron chi connectivity index (χ3n) is 4.79. The van der Waals surface area contributed by atoms with E-state index in [1.54, 1.807) is 0 Å². The van der Waals surface area contributed by atoms with Crippen LogP contribution in [0.4, 0.5) is 0 Å². The number of hydrogen-bond donors (Lipinski definition) is 2. The first-order valence-corrected chi connectivity index (χ1v) is 8.89. The molecule has 2 atom stereocenters. The monoisotopic (exact) mass is 307 g/mol. The molecule has 1 fully saturated rings. The lowest BCUT2D eigenvalue weighted by Gasteiger charge is -2.40. The molecule has 1 aromatic rings. The molecule has 0 amide bonds. The van der Waals surface area contributed by atoms with Crippen molar-refractivity contribution in [3.63, 3.8) is 0 Å². The highest BCUT2D eigenvalue weighted by atomic mass is 32.2. The van der Waals surface area contributed by atoms with E-state index < -0.39 is 11.4 Å². The zero-order chi connectivity index (χ0) is 15.1. The fourth-order valence-corrected chi connectivity index (χ4v) is 4.49. The molecule has 5 heteroatoms. The van der Waals surface area contributed by atoms with E-state index in [1.165, 1.54) is 11.1 Å². The molecule has 0 radical (unpaired) electrons. The first-order chi connectivity index (χ1) is 9.92. The molecule has 4 nitrogen and oxygen atoms in total. The number of nitrogens with zero attached hydrogens (tertiary/aromatic N) is 1. The molecule has 21 heavy (non-hydrogen) atoms. The molecular weight excluding hydrogens is 282 g/mol. The van der Waals surface area contributed by atoms with Crippen LogP contribution < -0.4 is 10.0 Å². The Hall–Kier alpha value is -0.620. The van der Waals surface area contributed by atoms with Gasteiger partial charge in [0.1, 0.15) is 4.75 Å². The van der Waals surface area contributed by atoms with Gasteiger partial charge in [0.2, 0.25) is 0 Å². The van der Waals surface area contributed by atoms with Crippen molar-refractivity contribution in [2.24, 2.45) is 5.41 Å². The van der Waals surface area contributed by atoms with Gasteiger partial charge in [-0.15, -0.1) is 4.72 Å². The highest BCUT2D eigenvalue weighted by Crippen LogP contribution is 2.51. The van der Waals surface area contributed by atoms with Crippen LogP contribution in [0.3, 0.4) is 0 Å². The van der Waals surface area contributed by atoms with Crippen molar-refractivity contribution in [2.45, 2.75) is 50.8 Å². The summed E-state index contributed by atoms with van der Waals surface area (Å²) in [7, 11) is 0. The molecule has 1 aliphatic carbocycles. The summed E-state index contributed by atoms with van der Waals surface area (Å²) >= 11 is -1.05. The van der Waals surface area contributed by atoms with Crippen LogP contribution in [0, 0.1) is 5.41 Å². The van der Waals surface area contributed by atoms with Crippen LogP contribution in [0.15, 0.2) is 18.5 Å². The molecule has 2 heterocycles. The fourth-order valence-electron chi connectivity index (χ4n) is 3.54. The van der Waals surface area contributed by atoms with Crippen LogP contribution in [0.2, 0.25) is 0 Å². The van der Waals surface area contributed by atoms with Gasteiger partial charge in [0.15, 0.2) is 0 Å². The SMILES string of the molecule is CC(C)(C)[S+]([O-])N[C@@H]1c2ccncc2CC12CCNCC2. The Balaban J connectivity index is 1.92. The molecule has 3 rings (SSSR count). The fraction of sp³-hybridized carbons (Fsp3) is 0.688. The van der Waals surface area contributed by atoms with Gasteiger partial charge in [-0.1, -0.05) is 0 Å². The number of hydrogen-bond acceptors (Lipinski definition) is 4. The van der Waals surface area contributed by atoms with Gasteiger partial charge in [-0.3, -0.25) is 4.98 Å². The van der Waals surface area contributed by atoms with E-state index in [9.17, 15) is 4.55 Å². The molecule has 1 aromatic heterocycles. The summed E-state index contributed by atoms with van der Waals surface area (Å²) in [6.07, 6.45) is 7.15. The third kappa shape index (κ3) is 2.84. The summed E-state index contributed by atoms with van der Waals surface area (Å²) in [6, 6.07) is 2.28. The van der Waals surface area contributed by atoms with Gasteiger partial charge in [-0.2, -0.15) is 0 Å². The van der Waals surface area contributed by atoms with E-state index in [0.29, 0.717) is 0 Å². The van der Waals surface area contributed by atoms with Gasteiger partial charge in [0.05, 0.1) is 6.04 Å². The normalized spacial score (nSPS) is 25.8. The van der Waals surface area contributed by atoms with Crippen molar-refractivity contribution >= 4 is 11.4 Å². The Bertz CT molecular complexity index is 508. The van der Waals surface area contributed by atoms with Crippen molar-refractivity contribution < 1.29 is 4.55 Å². The molecule has 2 N–H and O–H groups in total. The first kappa shape index (κ1) is 15.3. The van der Waals surface area contributed by atoms with E-state index in [1.807, 2.05) is 33.2 Å². The van der Waals surface area contributed by atoms with Crippen molar-refractivity contribution in [3.05, 3.63) is 29.6 Å². The first-order valence-electron chi connectivity index (χ1n) is 7.74. The van der Waals surface area contributed by atoms with Gasteiger partial charge in [-0.05, 0) is 70.3 Å². The minimum atomic E-state index is -1.05. The summed E-state index contributed by atoms with van der Waals surface area (Å²) in [5.74, 6) is 0. The number of pyridine rings is 1. The minimum Gasteiger partial charge on any atom is -0.598 e. The van der Waals surface area contributed by atoms with Crippen molar-refractivity contribution in [1.82, 2.24) is 15.0 Å². The molecule has 1 saturated heterocycles. The Labute approximate surface area is 130 Å². The summed E-state index contributed by atoms with van der Waals surface area (Å²) in [4.78, 5) is 4.28. The number of nitrogens with one attached hydrogen (secondary N) is 2. The lowest BCUT2D eigenvalue weighted by atomic mass is 9.73. The van der Waals surface area contributed by atoms with E-state index in [0.717, 1.165) is 32.4 Å². The lowest BCUT2D eigenvalue weighted by molar-refractivity contribution is 0.163. The zero-order valence-electron chi connectivity index (χ0n) is 13.1. The predicted molar refractivity (Wildman–Crippen MR) is 86.2 cm³/mol. The smallest absolute Gasteiger partial charge is 0.136 e. The topological polar surface area (TPSA) is 60.0 Å². The Morgan fingerprint density at radius 3 is 2.76 bits per heavy atom. The number of aromatic nitrogens is 1. The number of fused-ring (bicyclic) bond motifs is 1. The molecule has 2 aliphatic rings. The lowest BCUT2D eigenvalue weighted by Crippen LogP contribution is -2.48. The Kier molecular flexibility index (Phi) is 4.03. The highest BCUT2D eigenvalue weighted by Gasteiger charge is 2.49. The highest BCUT2D eigenvalue weighted by molar-refractivity contribution is 7.90. The van der Waals surface area contributed by atoms with Gasteiger partial charge in [0.25, 0.3) is 0 Å². The number of piperidine rings is 1. The van der Waals surface area contributed by atoms with Gasteiger partial charge in [0, 0.05) is 29.2 Å². The second-order valence-electron chi connectivity index (χ2n) is 7.30. The van der Waals surface area contributed by atoms with E-state index in [-0.39, 0.29) is 16.2 Å². The van der Waals surface area contributed by atoms with Crippen molar-refractivity contribution in [2.75, 3.05) is 13.1 Å². The molecule has 0 bridgehead atoms. The van der Waals surface area contributed by atoms with E-state index in [4.69, 9.17) is 0 Å². The maximum atomic E-state index is 12.6. The molecule has 0 aromatic carbocycles. The van der Waals surface area contributed by atoms with Crippen LogP contribution in [0.25, 0.3) is 0 Å². The standard InChI is InChI=1S/C16H25N3OS/c1-15(2,3)21(20)19-14-13-4-7-18-11-12(13)10-16(14)5-8-17-9-6-16/h4,7,11,14,17,19H,5-6,8-10H2,1-3H3/t14-,21?/m1/s1. The summed E-state index contributed by atoms with van der Waals surface area (Å²) in [5, 5.41) is 3.45. The Morgan fingerprint density at radius 1 is 1.38 bits per heavy atom. The van der Waals surface area contributed by atoms with Crippen LogP contribution in [0.1, 0.15) is 50.8 Å². The molecular formula is C16H25N3OS. The van der Waals surface area contributed by atoms with Gasteiger partial charge < -0.3 is 9.87 Å². The van der Waals surface area contributed by atoms with Crippen LogP contribution >= 0.6 is 0 Å². The second kappa shape index (κ2) is 5.54. The van der Waals surface area contributed by atoms with E-state index in [2.05, 4.69) is 21.1 Å². The minimum absolute atomic E-state index is 0.178. The maximum Gasteiger partial charge on any atom is 0.136 e. The molecule has 116 valence electrons. The average Bonchev–Trinajstić information content (AvgIpc) is 2.72. The zero-order valence-corrected chi connectivity index (χ0v) is 13.9. The molecule has 0 saturated carbocycles.